The quantitative estimate of drug-likeness (QED) is 0.394. The zero-order chi connectivity index (χ0) is 8.06. The predicted octanol–water partition coefficient (Wildman–Crippen LogP) is 0.598. The SMILES string of the molecule is [B]C1CC2(O)CCC(I)C2O1. The minimum atomic E-state index is -0.606. The molecular weight excluding hydrogens is 254 g/mol. The van der Waals surface area contributed by atoms with E-state index < -0.39 is 5.60 Å². The molecule has 2 radical (unpaired) electrons. The van der Waals surface area contributed by atoms with E-state index in [1.165, 1.54) is 0 Å². The Kier molecular flexibility index (Phi) is 1.97. The Morgan fingerprint density at radius 1 is 1.64 bits per heavy atom. The first-order valence-corrected chi connectivity index (χ1v) is 5.14. The smallest absolute Gasteiger partial charge is 0.109 e. The third kappa shape index (κ3) is 1.23. The van der Waals surface area contributed by atoms with Gasteiger partial charge < -0.3 is 9.84 Å². The molecule has 1 saturated carbocycles. The summed E-state index contributed by atoms with van der Waals surface area (Å²) >= 11 is 2.33. The summed E-state index contributed by atoms with van der Waals surface area (Å²) in [5.74, 6) is 0. The molecule has 2 rings (SSSR count). The lowest BCUT2D eigenvalue weighted by molar-refractivity contribution is -0.0138. The Morgan fingerprint density at radius 3 is 3.00 bits per heavy atom. The maximum Gasteiger partial charge on any atom is 0.109 e. The monoisotopic (exact) mass is 264 g/mol. The molecule has 2 aliphatic rings. The lowest BCUT2D eigenvalue weighted by Crippen LogP contribution is -2.35. The van der Waals surface area contributed by atoms with E-state index in [2.05, 4.69) is 22.6 Å². The van der Waals surface area contributed by atoms with Crippen molar-refractivity contribution in [3.8, 4) is 0 Å². The van der Waals surface area contributed by atoms with Crippen LogP contribution < -0.4 is 0 Å². The van der Waals surface area contributed by atoms with Crippen molar-refractivity contribution >= 4 is 30.4 Å². The molecule has 4 atom stereocenters. The van der Waals surface area contributed by atoms with Crippen LogP contribution in [-0.4, -0.2) is 34.6 Å². The molecule has 0 amide bonds. The van der Waals surface area contributed by atoms with Crippen LogP contribution in [0.5, 0.6) is 0 Å². The van der Waals surface area contributed by atoms with Crippen molar-refractivity contribution in [2.75, 3.05) is 0 Å². The van der Waals surface area contributed by atoms with Gasteiger partial charge in [0.2, 0.25) is 0 Å². The zero-order valence-corrected chi connectivity index (χ0v) is 8.32. The topological polar surface area (TPSA) is 29.5 Å². The van der Waals surface area contributed by atoms with Crippen LogP contribution >= 0.6 is 22.6 Å². The van der Waals surface area contributed by atoms with Gasteiger partial charge in [0, 0.05) is 9.93 Å². The van der Waals surface area contributed by atoms with Gasteiger partial charge in [-0.2, -0.15) is 0 Å². The predicted molar refractivity (Wildman–Crippen MR) is 51.0 cm³/mol. The zero-order valence-electron chi connectivity index (χ0n) is 6.16. The van der Waals surface area contributed by atoms with Gasteiger partial charge >= 0.3 is 0 Å². The summed E-state index contributed by atoms with van der Waals surface area (Å²) in [6.45, 7) is 0. The number of rotatable bonds is 0. The highest BCUT2D eigenvalue weighted by molar-refractivity contribution is 14.1. The summed E-state index contributed by atoms with van der Waals surface area (Å²) in [4.78, 5) is 0. The molecule has 1 N–H and O–H groups in total. The van der Waals surface area contributed by atoms with Gasteiger partial charge in [0.15, 0.2) is 0 Å². The number of hydrogen-bond donors (Lipinski definition) is 1. The van der Waals surface area contributed by atoms with E-state index >= 15 is 0 Å². The molecule has 0 aromatic carbocycles. The van der Waals surface area contributed by atoms with E-state index in [0.717, 1.165) is 12.8 Å². The van der Waals surface area contributed by atoms with Gasteiger partial charge in [-0.15, -0.1) is 0 Å². The van der Waals surface area contributed by atoms with Crippen molar-refractivity contribution in [1.82, 2.24) is 0 Å². The lowest BCUT2D eigenvalue weighted by atomic mass is 9.88. The van der Waals surface area contributed by atoms with Crippen LogP contribution in [0.4, 0.5) is 0 Å². The van der Waals surface area contributed by atoms with E-state index in [1.807, 2.05) is 0 Å². The first-order chi connectivity index (χ1) is 5.12. The Balaban J connectivity index is 2.18. The van der Waals surface area contributed by atoms with Gasteiger partial charge in [0.1, 0.15) is 7.85 Å². The maximum atomic E-state index is 9.96. The van der Waals surface area contributed by atoms with Gasteiger partial charge in [-0.1, -0.05) is 22.6 Å². The summed E-state index contributed by atoms with van der Waals surface area (Å²) < 4.78 is 5.86. The molecule has 4 unspecified atom stereocenters. The number of aliphatic hydroxyl groups is 1. The van der Waals surface area contributed by atoms with Crippen molar-refractivity contribution in [2.24, 2.45) is 0 Å². The summed E-state index contributed by atoms with van der Waals surface area (Å²) in [6.07, 6.45) is 2.49. The molecule has 1 heterocycles. The van der Waals surface area contributed by atoms with Crippen LogP contribution in [0.2, 0.25) is 0 Å². The van der Waals surface area contributed by atoms with E-state index in [-0.39, 0.29) is 12.1 Å². The van der Waals surface area contributed by atoms with E-state index in [0.29, 0.717) is 10.3 Å². The largest absolute Gasteiger partial charge is 0.387 e. The standard InChI is InChI=1S/C7H10BIO2/c8-5-3-7(10)2-1-4(9)6(7)11-5/h4-6,10H,1-3H2. The molecule has 2 fully saturated rings. The molecule has 0 aromatic rings. The fourth-order valence-corrected chi connectivity index (χ4v) is 3.18. The lowest BCUT2D eigenvalue weighted by Gasteiger charge is -2.21. The number of alkyl halides is 1. The summed E-state index contributed by atoms with van der Waals surface area (Å²) in [5, 5.41) is 9.96. The number of hydrogen-bond acceptors (Lipinski definition) is 2. The van der Waals surface area contributed by atoms with Crippen LogP contribution in [0.15, 0.2) is 0 Å². The van der Waals surface area contributed by atoms with E-state index in [4.69, 9.17) is 12.6 Å². The molecular formula is C7H10BIO2. The van der Waals surface area contributed by atoms with Crippen molar-refractivity contribution in [2.45, 2.75) is 40.9 Å². The van der Waals surface area contributed by atoms with Gasteiger partial charge in [0.25, 0.3) is 0 Å². The molecule has 4 heteroatoms. The van der Waals surface area contributed by atoms with Gasteiger partial charge in [-0.05, 0) is 19.3 Å². The maximum absolute atomic E-state index is 9.96. The summed E-state index contributed by atoms with van der Waals surface area (Å²) in [6, 6.07) is -0.248. The number of ether oxygens (including phenoxy) is 1. The van der Waals surface area contributed by atoms with Gasteiger partial charge in [0.05, 0.1) is 11.7 Å². The highest BCUT2D eigenvalue weighted by atomic mass is 127. The molecule has 1 saturated heterocycles. The molecule has 2 nitrogen and oxygen atoms in total. The fraction of sp³-hybridized carbons (Fsp3) is 1.00. The van der Waals surface area contributed by atoms with Crippen LogP contribution in [0.1, 0.15) is 19.3 Å². The highest BCUT2D eigenvalue weighted by Gasteiger charge is 2.52. The summed E-state index contributed by atoms with van der Waals surface area (Å²) in [5.41, 5.74) is -0.606. The Hall–Kier alpha value is 0.715. The van der Waals surface area contributed by atoms with Crippen LogP contribution in [-0.2, 0) is 4.74 Å². The normalized spacial score (nSPS) is 56.4. The molecule has 1 aliphatic carbocycles. The molecule has 11 heavy (non-hydrogen) atoms. The minimum Gasteiger partial charge on any atom is -0.387 e. The second kappa shape index (κ2) is 2.60. The second-order valence-electron chi connectivity index (χ2n) is 3.46. The average molecular weight is 264 g/mol. The fourth-order valence-electron chi connectivity index (χ4n) is 2.03. The van der Waals surface area contributed by atoms with Crippen LogP contribution in [0.25, 0.3) is 0 Å². The third-order valence-corrected chi connectivity index (χ3v) is 3.86. The van der Waals surface area contributed by atoms with Gasteiger partial charge in [-0.25, -0.2) is 0 Å². The van der Waals surface area contributed by atoms with E-state index in [1.54, 1.807) is 0 Å². The first kappa shape index (κ1) is 8.32. The number of fused-ring (bicyclic) bond motifs is 1. The van der Waals surface area contributed by atoms with Crippen LogP contribution in [0, 0.1) is 0 Å². The third-order valence-electron chi connectivity index (χ3n) is 2.59. The Morgan fingerprint density at radius 2 is 2.36 bits per heavy atom. The van der Waals surface area contributed by atoms with Crippen molar-refractivity contribution in [3.05, 3.63) is 0 Å². The summed E-state index contributed by atoms with van der Waals surface area (Å²) in [7, 11) is 5.59. The van der Waals surface area contributed by atoms with Gasteiger partial charge in [-0.3, -0.25) is 0 Å². The van der Waals surface area contributed by atoms with Crippen molar-refractivity contribution in [3.63, 3.8) is 0 Å². The Bertz CT molecular complexity index is 178. The first-order valence-electron chi connectivity index (χ1n) is 3.89. The Labute approximate surface area is 81.2 Å². The molecule has 60 valence electrons. The van der Waals surface area contributed by atoms with Crippen molar-refractivity contribution in [1.29, 1.82) is 0 Å². The number of halogens is 1. The highest BCUT2D eigenvalue weighted by Crippen LogP contribution is 2.44. The molecule has 0 bridgehead atoms. The minimum absolute atomic E-state index is 0.0156. The van der Waals surface area contributed by atoms with E-state index in [9.17, 15) is 5.11 Å². The van der Waals surface area contributed by atoms with Crippen molar-refractivity contribution < 1.29 is 9.84 Å². The molecule has 0 aromatic heterocycles. The van der Waals surface area contributed by atoms with Crippen LogP contribution in [0.3, 0.4) is 0 Å². The average Bonchev–Trinajstić information content (AvgIpc) is 2.32. The molecule has 1 aliphatic heterocycles. The molecule has 0 spiro atoms. The second-order valence-corrected chi connectivity index (χ2v) is 5.06.